The normalized spacial score (nSPS) is 10.4. The Hall–Kier alpha value is -2.11. The highest BCUT2D eigenvalue weighted by molar-refractivity contribution is 5.47. The van der Waals surface area contributed by atoms with Crippen molar-refractivity contribution in [1.82, 2.24) is 15.0 Å². The fourth-order valence-corrected chi connectivity index (χ4v) is 1.57. The maximum absolute atomic E-state index is 5.50. The lowest BCUT2D eigenvalue weighted by Gasteiger charge is -2.08. The summed E-state index contributed by atoms with van der Waals surface area (Å²) in [6.45, 7) is 4.41. The van der Waals surface area contributed by atoms with Crippen molar-refractivity contribution in [2.24, 2.45) is 0 Å². The van der Waals surface area contributed by atoms with Gasteiger partial charge in [-0.15, -0.1) is 0 Å². The minimum absolute atomic E-state index is 0.487. The van der Waals surface area contributed by atoms with E-state index in [9.17, 15) is 0 Å². The van der Waals surface area contributed by atoms with Gasteiger partial charge in [0.05, 0.1) is 25.4 Å². The summed E-state index contributed by atoms with van der Waals surface area (Å²) in [5.74, 6) is 2.81. The van der Waals surface area contributed by atoms with E-state index in [2.05, 4.69) is 20.3 Å². The van der Waals surface area contributed by atoms with Crippen molar-refractivity contribution in [3.63, 3.8) is 0 Å². The van der Waals surface area contributed by atoms with Gasteiger partial charge in [0.15, 0.2) is 0 Å². The quantitative estimate of drug-likeness (QED) is 0.871. The molecule has 0 spiro atoms. The molecule has 0 amide bonds. The van der Waals surface area contributed by atoms with Crippen molar-refractivity contribution in [2.45, 2.75) is 26.8 Å². The van der Waals surface area contributed by atoms with Crippen LogP contribution in [0.1, 0.15) is 24.1 Å². The molecule has 6 heteroatoms. The van der Waals surface area contributed by atoms with Gasteiger partial charge in [0.1, 0.15) is 17.9 Å². The van der Waals surface area contributed by atoms with Crippen LogP contribution in [-0.4, -0.2) is 22.1 Å². The molecular formula is C12H16N4O2. The predicted octanol–water partition coefficient (Wildman–Crippen LogP) is 1.96. The fourth-order valence-electron chi connectivity index (χ4n) is 1.57. The van der Waals surface area contributed by atoms with E-state index in [-0.39, 0.29) is 0 Å². The van der Waals surface area contributed by atoms with Crippen molar-refractivity contribution < 1.29 is 9.15 Å². The molecule has 0 aliphatic carbocycles. The van der Waals surface area contributed by atoms with Crippen LogP contribution in [0, 0.1) is 6.92 Å². The first-order valence-electron chi connectivity index (χ1n) is 5.77. The zero-order chi connectivity index (χ0) is 13.0. The molecule has 96 valence electrons. The van der Waals surface area contributed by atoms with Crippen molar-refractivity contribution in [3.8, 4) is 5.88 Å². The number of ether oxygens (including phenoxy) is 1. The van der Waals surface area contributed by atoms with Crippen LogP contribution in [0.3, 0.4) is 0 Å². The molecule has 0 saturated heterocycles. The Morgan fingerprint density at radius 2 is 2.17 bits per heavy atom. The number of anilines is 1. The minimum Gasteiger partial charge on any atom is -0.481 e. The zero-order valence-corrected chi connectivity index (χ0v) is 10.7. The van der Waals surface area contributed by atoms with Crippen LogP contribution in [0.25, 0.3) is 0 Å². The Labute approximate surface area is 105 Å². The number of rotatable bonds is 5. The average Bonchev–Trinajstić information content (AvgIpc) is 2.85. The second-order valence-corrected chi connectivity index (χ2v) is 3.78. The van der Waals surface area contributed by atoms with Gasteiger partial charge < -0.3 is 14.5 Å². The van der Waals surface area contributed by atoms with Gasteiger partial charge in [0.2, 0.25) is 11.8 Å². The van der Waals surface area contributed by atoms with Crippen LogP contribution in [-0.2, 0) is 13.0 Å². The van der Waals surface area contributed by atoms with Crippen LogP contribution < -0.4 is 10.1 Å². The molecule has 0 radical (unpaired) electrons. The number of aryl methyl sites for hydroxylation is 1. The Balaban J connectivity index is 2.06. The molecule has 6 nitrogen and oxygen atoms in total. The van der Waals surface area contributed by atoms with Gasteiger partial charge >= 0.3 is 0 Å². The third kappa shape index (κ3) is 2.58. The van der Waals surface area contributed by atoms with Gasteiger partial charge in [-0.3, -0.25) is 0 Å². The number of hydrogen-bond donors (Lipinski definition) is 1. The molecule has 2 aromatic heterocycles. The molecular weight excluding hydrogens is 232 g/mol. The summed E-state index contributed by atoms with van der Waals surface area (Å²) in [5, 5.41) is 3.15. The van der Waals surface area contributed by atoms with Crippen molar-refractivity contribution in [3.05, 3.63) is 29.7 Å². The predicted molar refractivity (Wildman–Crippen MR) is 66.5 cm³/mol. The highest BCUT2D eigenvalue weighted by Crippen LogP contribution is 2.20. The highest BCUT2D eigenvalue weighted by Gasteiger charge is 2.08. The molecule has 1 N–H and O–H groups in total. The van der Waals surface area contributed by atoms with E-state index in [0.717, 1.165) is 23.6 Å². The average molecular weight is 248 g/mol. The van der Waals surface area contributed by atoms with E-state index in [1.807, 2.05) is 13.8 Å². The number of oxazole rings is 1. The maximum atomic E-state index is 5.50. The van der Waals surface area contributed by atoms with Crippen molar-refractivity contribution >= 4 is 5.82 Å². The monoisotopic (exact) mass is 248 g/mol. The van der Waals surface area contributed by atoms with Crippen LogP contribution in [0.2, 0.25) is 0 Å². The van der Waals surface area contributed by atoms with E-state index in [4.69, 9.17) is 9.15 Å². The van der Waals surface area contributed by atoms with Crippen LogP contribution in [0.5, 0.6) is 5.88 Å². The Bertz CT molecular complexity index is 525. The SMILES string of the molecule is CCc1cnc(CNc2ncnc(OC)c2C)o1. The standard InChI is InChI=1S/C12H16N4O2/c1-4-9-5-13-10(18-9)6-14-11-8(2)12(17-3)16-7-15-11/h5,7H,4,6H2,1-3H3,(H,14,15,16). The second-order valence-electron chi connectivity index (χ2n) is 3.78. The molecule has 2 heterocycles. The molecule has 0 aliphatic heterocycles. The van der Waals surface area contributed by atoms with E-state index >= 15 is 0 Å². The number of aromatic nitrogens is 3. The van der Waals surface area contributed by atoms with Crippen molar-refractivity contribution in [2.75, 3.05) is 12.4 Å². The molecule has 0 atom stereocenters. The summed E-state index contributed by atoms with van der Waals surface area (Å²) in [6, 6.07) is 0. The molecule has 2 aromatic rings. The van der Waals surface area contributed by atoms with Gasteiger partial charge in [0, 0.05) is 6.42 Å². The smallest absolute Gasteiger partial charge is 0.221 e. The number of methoxy groups -OCH3 is 1. The largest absolute Gasteiger partial charge is 0.481 e. The summed E-state index contributed by atoms with van der Waals surface area (Å²) in [4.78, 5) is 12.3. The molecule has 0 saturated carbocycles. The summed E-state index contributed by atoms with van der Waals surface area (Å²) < 4.78 is 10.6. The number of nitrogens with zero attached hydrogens (tertiary/aromatic N) is 3. The molecule has 2 rings (SSSR count). The van der Waals surface area contributed by atoms with Gasteiger partial charge in [-0.05, 0) is 6.92 Å². The molecule has 0 bridgehead atoms. The lowest BCUT2D eigenvalue weighted by atomic mass is 10.3. The third-order valence-electron chi connectivity index (χ3n) is 2.59. The highest BCUT2D eigenvalue weighted by atomic mass is 16.5. The molecule has 0 aliphatic rings. The van der Waals surface area contributed by atoms with Crippen molar-refractivity contribution in [1.29, 1.82) is 0 Å². The summed E-state index contributed by atoms with van der Waals surface area (Å²) in [5.41, 5.74) is 0.863. The lowest BCUT2D eigenvalue weighted by molar-refractivity contribution is 0.393. The molecule has 18 heavy (non-hydrogen) atoms. The Morgan fingerprint density at radius 1 is 1.33 bits per heavy atom. The van der Waals surface area contributed by atoms with Crippen LogP contribution >= 0.6 is 0 Å². The third-order valence-corrected chi connectivity index (χ3v) is 2.59. The van der Waals surface area contributed by atoms with Gasteiger partial charge in [-0.25, -0.2) is 15.0 Å². The maximum Gasteiger partial charge on any atom is 0.221 e. The Kier molecular flexibility index (Phi) is 3.76. The van der Waals surface area contributed by atoms with E-state index in [0.29, 0.717) is 18.3 Å². The lowest BCUT2D eigenvalue weighted by Crippen LogP contribution is -2.05. The minimum atomic E-state index is 0.487. The molecule has 0 unspecified atom stereocenters. The second kappa shape index (κ2) is 5.48. The van der Waals surface area contributed by atoms with Crippen LogP contribution in [0.4, 0.5) is 5.82 Å². The van der Waals surface area contributed by atoms with Gasteiger partial charge in [0.25, 0.3) is 0 Å². The summed E-state index contributed by atoms with van der Waals surface area (Å²) in [6.07, 6.45) is 4.04. The first-order valence-corrected chi connectivity index (χ1v) is 5.77. The molecule has 0 aromatic carbocycles. The first-order chi connectivity index (χ1) is 8.74. The number of hydrogen-bond acceptors (Lipinski definition) is 6. The zero-order valence-electron chi connectivity index (χ0n) is 10.7. The summed E-state index contributed by atoms with van der Waals surface area (Å²) in [7, 11) is 1.58. The van der Waals surface area contributed by atoms with E-state index in [1.54, 1.807) is 13.3 Å². The molecule has 0 fully saturated rings. The first kappa shape index (κ1) is 12.3. The fraction of sp³-hybridized carbons (Fsp3) is 0.417. The summed E-state index contributed by atoms with van der Waals surface area (Å²) >= 11 is 0. The van der Waals surface area contributed by atoms with Gasteiger partial charge in [-0.2, -0.15) is 0 Å². The van der Waals surface area contributed by atoms with Crippen LogP contribution in [0.15, 0.2) is 16.9 Å². The van der Waals surface area contributed by atoms with E-state index < -0.39 is 0 Å². The van der Waals surface area contributed by atoms with E-state index in [1.165, 1.54) is 6.33 Å². The topological polar surface area (TPSA) is 73.1 Å². The Morgan fingerprint density at radius 3 is 2.83 bits per heavy atom. The van der Waals surface area contributed by atoms with Gasteiger partial charge in [-0.1, -0.05) is 6.92 Å². The number of nitrogens with one attached hydrogen (secondary N) is 1.